The summed E-state index contributed by atoms with van der Waals surface area (Å²) in [6, 6.07) is 58.8. The predicted octanol–water partition coefficient (Wildman–Crippen LogP) is 10.8. The fraction of sp³-hybridized carbons (Fsp3) is 0. The summed E-state index contributed by atoms with van der Waals surface area (Å²) in [5.41, 5.74) is 11.1. The Kier molecular flexibility index (Phi) is 6.43. The van der Waals surface area contributed by atoms with Gasteiger partial charge < -0.3 is 0 Å². The Morgan fingerprint density at radius 2 is 0.851 bits per heavy atom. The molecule has 3 heterocycles. The average molecular weight is 601 g/mol. The second-order valence-corrected chi connectivity index (χ2v) is 11.6. The van der Waals surface area contributed by atoms with Crippen molar-refractivity contribution in [1.82, 2.24) is 19.6 Å². The molecule has 9 aromatic rings. The Morgan fingerprint density at radius 1 is 0.362 bits per heavy atom. The van der Waals surface area contributed by atoms with Crippen LogP contribution in [0.15, 0.2) is 170 Å². The van der Waals surface area contributed by atoms with Crippen LogP contribution in [0.3, 0.4) is 0 Å². The van der Waals surface area contributed by atoms with Crippen molar-refractivity contribution in [2.24, 2.45) is 0 Å². The van der Waals surface area contributed by atoms with E-state index in [2.05, 4.69) is 156 Å². The second kappa shape index (κ2) is 11.2. The van der Waals surface area contributed by atoms with Gasteiger partial charge in [-0.25, -0.2) is 14.5 Å². The minimum atomic E-state index is 0.664. The van der Waals surface area contributed by atoms with Gasteiger partial charge in [0, 0.05) is 33.0 Å². The maximum atomic E-state index is 5.48. The van der Waals surface area contributed by atoms with Gasteiger partial charge in [0.15, 0.2) is 5.82 Å². The van der Waals surface area contributed by atoms with Crippen LogP contribution in [0.5, 0.6) is 0 Å². The van der Waals surface area contributed by atoms with Crippen LogP contribution in [0.25, 0.3) is 83.5 Å². The molecule has 6 aromatic carbocycles. The quantitative estimate of drug-likeness (QED) is 0.197. The third-order valence-corrected chi connectivity index (χ3v) is 8.82. The molecule has 0 aliphatic carbocycles. The standard InChI is InChI=1S/C43H28N4/c1-5-17-29(18-6-1)37-40(31-21-9-3-10-22-31)46-47-41(32-23-11-4-12-24-32)38(33-25-13-14-26-34(33)42(37)47)43-44-36-28-16-15-27-35(36)39(45-43)30-19-7-2-8-20-30/h1-28H. The summed E-state index contributed by atoms with van der Waals surface area (Å²) >= 11 is 0. The largest absolute Gasteiger partial charge is 0.230 e. The van der Waals surface area contributed by atoms with Crippen molar-refractivity contribution in [1.29, 1.82) is 0 Å². The molecule has 0 atom stereocenters. The minimum Gasteiger partial charge on any atom is -0.230 e. The molecule has 220 valence electrons. The SMILES string of the molecule is c1ccc(-c2nn3c(-c4ccccc4)c(-c4nc(-c5ccccc5)c5ccccc5n4)c4ccccc4c3c2-c2ccccc2)cc1. The lowest BCUT2D eigenvalue weighted by Crippen LogP contribution is -2.03. The number of nitrogens with zero attached hydrogens (tertiary/aromatic N) is 4. The molecule has 3 aromatic heterocycles. The minimum absolute atomic E-state index is 0.664. The highest BCUT2D eigenvalue weighted by Crippen LogP contribution is 2.45. The fourth-order valence-electron chi connectivity index (χ4n) is 6.74. The zero-order chi connectivity index (χ0) is 31.2. The predicted molar refractivity (Wildman–Crippen MR) is 193 cm³/mol. The van der Waals surface area contributed by atoms with E-state index in [0.717, 1.165) is 77.7 Å². The van der Waals surface area contributed by atoms with E-state index in [1.54, 1.807) is 0 Å². The van der Waals surface area contributed by atoms with Crippen molar-refractivity contribution in [3.8, 4) is 56.3 Å². The van der Waals surface area contributed by atoms with Crippen molar-refractivity contribution >= 4 is 27.2 Å². The Labute approximate surface area is 272 Å². The van der Waals surface area contributed by atoms with E-state index in [9.17, 15) is 0 Å². The third kappa shape index (κ3) is 4.50. The van der Waals surface area contributed by atoms with Gasteiger partial charge in [-0.05, 0) is 17.0 Å². The summed E-state index contributed by atoms with van der Waals surface area (Å²) in [4.78, 5) is 10.6. The van der Waals surface area contributed by atoms with Crippen LogP contribution in [0.2, 0.25) is 0 Å². The maximum Gasteiger partial charge on any atom is 0.163 e. The first kappa shape index (κ1) is 27.0. The molecule has 0 aliphatic rings. The molecule has 0 bridgehead atoms. The van der Waals surface area contributed by atoms with Crippen molar-refractivity contribution in [3.63, 3.8) is 0 Å². The van der Waals surface area contributed by atoms with Crippen LogP contribution in [-0.2, 0) is 0 Å². The Balaban J connectivity index is 1.49. The van der Waals surface area contributed by atoms with E-state index < -0.39 is 0 Å². The summed E-state index contributed by atoms with van der Waals surface area (Å²) < 4.78 is 2.14. The van der Waals surface area contributed by atoms with E-state index in [0.29, 0.717) is 5.82 Å². The molecule has 4 nitrogen and oxygen atoms in total. The molecule has 0 amide bonds. The monoisotopic (exact) mass is 600 g/mol. The molecule has 0 fully saturated rings. The van der Waals surface area contributed by atoms with Gasteiger partial charge in [-0.2, -0.15) is 5.10 Å². The van der Waals surface area contributed by atoms with E-state index in [1.807, 2.05) is 18.2 Å². The smallest absolute Gasteiger partial charge is 0.163 e. The number of pyridine rings is 1. The molecule has 47 heavy (non-hydrogen) atoms. The van der Waals surface area contributed by atoms with Crippen LogP contribution in [0.1, 0.15) is 0 Å². The molecule has 9 rings (SSSR count). The van der Waals surface area contributed by atoms with Crippen LogP contribution in [-0.4, -0.2) is 19.6 Å². The van der Waals surface area contributed by atoms with Gasteiger partial charge in [-0.1, -0.05) is 164 Å². The number of benzene rings is 6. The zero-order valence-electron chi connectivity index (χ0n) is 25.5. The van der Waals surface area contributed by atoms with Crippen LogP contribution in [0, 0.1) is 0 Å². The molecule has 0 aliphatic heterocycles. The summed E-state index contributed by atoms with van der Waals surface area (Å²) in [7, 11) is 0. The third-order valence-electron chi connectivity index (χ3n) is 8.82. The highest BCUT2D eigenvalue weighted by Gasteiger charge is 2.26. The first-order valence-corrected chi connectivity index (χ1v) is 15.8. The average Bonchev–Trinajstić information content (AvgIpc) is 3.56. The van der Waals surface area contributed by atoms with Gasteiger partial charge in [-0.3, -0.25) is 0 Å². The molecule has 0 radical (unpaired) electrons. The maximum absolute atomic E-state index is 5.48. The van der Waals surface area contributed by atoms with Crippen LogP contribution in [0.4, 0.5) is 0 Å². The normalized spacial score (nSPS) is 11.4. The second-order valence-electron chi connectivity index (χ2n) is 11.6. The molecule has 0 saturated carbocycles. The molecule has 4 heteroatoms. The van der Waals surface area contributed by atoms with E-state index in [4.69, 9.17) is 15.1 Å². The van der Waals surface area contributed by atoms with Crippen LogP contribution >= 0.6 is 0 Å². The van der Waals surface area contributed by atoms with Gasteiger partial charge in [-0.15, -0.1) is 0 Å². The number of para-hydroxylation sites is 1. The molecule has 0 spiro atoms. The summed E-state index contributed by atoms with van der Waals surface area (Å²) in [6.07, 6.45) is 0. The summed E-state index contributed by atoms with van der Waals surface area (Å²) in [5.74, 6) is 0.664. The fourth-order valence-corrected chi connectivity index (χ4v) is 6.74. The van der Waals surface area contributed by atoms with E-state index in [-0.39, 0.29) is 0 Å². The van der Waals surface area contributed by atoms with Crippen molar-refractivity contribution in [3.05, 3.63) is 170 Å². The summed E-state index contributed by atoms with van der Waals surface area (Å²) in [6.45, 7) is 0. The molecular weight excluding hydrogens is 573 g/mol. The Hall–Kier alpha value is -6.39. The van der Waals surface area contributed by atoms with Gasteiger partial charge in [0.2, 0.25) is 0 Å². The highest BCUT2D eigenvalue weighted by molar-refractivity contribution is 6.14. The number of hydrogen-bond acceptors (Lipinski definition) is 3. The Bertz CT molecular complexity index is 2540. The molecule has 0 unspecified atom stereocenters. The number of hydrogen-bond donors (Lipinski definition) is 0. The van der Waals surface area contributed by atoms with E-state index in [1.165, 1.54) is 0 Å². The first-order valence-electron chi connectivity index (χ1n) is 15.8. The number of aromatic nitrogens is 4. The zero-order valence-corrected chi connectivity index (χ0v) is 25.5. The number of rotatable bonds is 5. The number of fused-ring (bicyclic) bond motifs is 4. The summed E-state index contributed by atoms with van der Waals surface area (Å²) in [5, 5.41) is 8.66. The van der Waals surface area contributed by atoms with Gasteiger partial charge >= 0.3 is 0 Å². The lowest BCUT2D eigenvalue weighted by atomic mass is 9.94. The highest BCUT2D eigenvalue weighted by atomic mass is 15.2. The van der Waals surface area contributed by atoms with Gasteiger partial charge in [0.25, 0.3) is 0 Å². The Morgan fingerprint density at radius 3 is 1.49 bits per heavy atom. The molecule has 0 saturated heterocycles. The first-order chi connectivity index (χ1) is 23.3. The van der Waals surface area contributed by atoms with E-state index >= 15 is 0 Å². The van der Waals surface area contributed by atoms with Crippen molar-refractivity contribution in [2.45, 2.75) is 0 Å². The lowest BCUT2D eigenvalue weighted by Gasteiger charge is -2.17. The van der Waals surface area contributed by atoms with Gasteiger partial charge in [0.05, 0.1) is 28.0 Å². The van der Waals surface area contributed by atoms with Gasteiger partial charge in [0.1, 0.15) is 5.69 Å². The van der Waals surface area contributed by atoms with Crippen molar-refractivity contribution < 1.29 is 0 Å². The van der Waals surface area contributed by atoms with Crippen LogP contribution < -0.4 is 0 Å². The molecular formula is C43H28N4. The lowest BCUT2D eigenvalue weighted by molar-refractivity contribution is 0.978. The van der Waals surface area contributed by atoms with Crippen molar-refractivity contribution in [2.75, 3.05) is 0 Å². The molecule has 0 N–H and O–H groups in total. The topological polar surface area (TPSA) is 43.1 Å².